The van der Waals surface area contributed by atoms with Gasteiger partial charge in [0.2, 0.25) is 6.29 Å². The molecule has 2 unspecified atom stereocenters. The van der Waals surface area contributed by atoms with E-state index in [2.05, 4.69) is 22.4 Å². The highest BCUT2D eigenvalue weighted by molar-refractivity contribution is 8.00. The summed E-state index contributed by atoms with van der Waals surface area (Å²) in [5, 5.41) is 16.1. The second-order valence-corrected chi connectivity index (χ2v) is 14.6. The molecule has 3 atom stereocenters. The lowest BCUT2D eigenvalue weighted by molar-refractivity contribution is -0.184. The molecule has 262 valence electrons. The van der Waals surface area contributed by atoms with Gasteiger partial charge in [0.15, 0.2) is 10.8 Å². The summed E-state index contributed by atoms with van der Waals surface area (Å²) in [6.07, 6.45) is 16.7. The van der Waals surface area contributed by atoms with Crippen LogP contribution in [-0.4, -0.2) is 80.0 Å². The van der Waals surface area contributed by atoms with Crippen molar-refractivity contribution < 1.29 is 33.9 Å². The number of unbranched alkanes of at least 4 members (excludes halogenated alkanes) is 12. The Labute approximate surface area is 290 Å². The number of hydrogen-bond donors (Lipinski definition) is 3. The number of oxime groups is 1. The highest BCUT2D eigenvalue weighted by Crippen LogP contribution is 2.41. The van der Waals surface area contributed by atoms with Crippen LogP contribution in [0.15, 0.2) is 21.8 Å². The molecule has 3 rings (SSSR count). The molecule has 0 bridgehead atoms. The lowest BCUT2D eigenvalue weighted by Gasteiger charge is -2.49. The van der Waals surface area contributed by atoms with Crippen molar-refractivity contribution in [3.8, 4) is 0 Å². The summed E-state index contributed by atoms with van der Waals surface area (Å²) in [5.41, 5.74) is 6.14. The molecule has 15 heteroatoms. The Morgan fingerprint density at radius 2 is 1.70 bits per heavy atom. The molecule has 0 saturated carbocycles. The molecule has 1 saturated heterocycles. The van der Waals surface area contributed by atoms with Gasteiger partial charge in [-0.05, 0) is 18.2 Å². The predicted molar refractivity (Wildman–Crippen MR) is 187 cm³/mol. The van der Waals surface area contributed by atoms with Crippen molar-refractivity contribution in [3.63, 3.8) is 0 Å². The average molecular weight is 712 g/mol. The standard InChI is InChI=1S/C32H49N5O7S3/c1-4-5-6-7-8-9-10-11-12-13-14-15-16-17-24(38)43-21(2)44-31(41)27-22(18-45-3)19-46-30-26(29(40)37(27)30)35-28(39)25(36-42)23-20-47-32(33)34-23/h20-21,26,30,42H,4-19H2,1-3H3,(H2,33,34)(H,35,39)/t21?,26?,30-/m1/s1. The first-order valence-electron chi connectivity index (χ1n) is 16.5. The highest BCUT2D eigenvalue weighted by atomic mass is 32.2. The third-order valence-corrected chi connectivity index (χ3v) is 10.6. The highest BCUT2D eigenvalue weighted by Gasteiger charge is 2.54. The van der Waals surface area contributed by atoms with E-state index >= 15 is 0 Å². The normalized spacial score (nSPS) is 18.4. The smallest absolute Gasteiger partial charge is 0.358 e. The van der Waals surface area contributed by atoms with Crippen LogP contribution in [0.5, 0.6) is 0 Å². The first kappa shape index (κ1) is 38.7. The number of β-lactam (4-membered cyclic amide) rings is 1. The molecule has 1 fully saturated rings. The SMILES string of the molecule is CCCCCCCCCCCCCCCC(=O)OC(C)OC(=O)C1=C(CSC)CS[C@@H]2C(NC(=O)C(=NO)c3csc(N)n3)C(=O)N12. The van der Waals surface area contributed by atoms with Crippen LogP contribution < -0.4 is 11.1 Å². The molecular formula is C32H49N5O7S3. The Morgan fingerprint density at radius 1 is 1.09 bits per heavy atom. The van der Waals surface area contributed by atoms with Crippen molar-refractivity contribution in [3.05, 3.63) is 22.3 Å². The number of nitrogen functional groups attached to an aromatic ring is 1. The topological polar surface area (TPSA) is 174 Å². The maximum atomic E-state index is 13.3. The third-order valence-electron chi connectivity index (χ3n) is 7.98. The number of thiazole rings is 1. The first-order valence-corrected chi connectivity index (χ1v) is 19.8. The number of thioether (sulfide) groups is 2. The number of rotatable bonds is 22. The Morgan fingerprint density at radius 3 is 2.26 bits per heavy atom. The van der Waals surface area contributed by atoms with Crippen LogP contribution >= 0.6 is 34.9 Å². The number of carbonyl (C=O) groups is 4. The molecule has 3 heterocycles. The fourth-order valence-electron chi connectivity index (χ4n) is 5.54. The van der Waals surface area contributed by atoms with E-state index in [9.17, 15) is 24.4 Å². The third kappa shape index (κ3) is 11.7. The van der Waals surface area contributed by atoms with Crippen LogP contribution in [0, 0.1) is 0 Å². The van der Waals surface area contributed by atoms with E-state index in [1.165, 1.54) is 105 Å². The van der Waals surface area contributed by atoms with Crippen molar-refractivity contribution >= 4 is 69.5 Å². The monoisotopic (exact) mass is 711 g/mol. The van der Waals surface area contributed by atoms with E-state index in [-0.39, 0.29) is 28.7 Å². The van der Waals surface area contributed by atoms with Crippen LogP contribution in [0.1, 0.15) is 109 Å². The second-order valence-electron chi connectivity index (χ2n) is 11.7. The maximum Gasteiger partial charge on any atom is 0.358 e. The van der Waals surface area contributed by atoms with Crippen LogP contribution in [0.4, 0.5) is 5.13 Å². The van der Waals surface area contributed by atoms with Gasteiger partial charge in [-0.3, -0.25) is 19.3 Å². The van der Waals surface area contributed by atoms with Gasteiger partial charge in [-0.25, -0.2) is 9.78 Å². The lowest BCUT2D eigenvalue weighted by atomic mass is 10.0. The number of fused-ring (bicyclic) bond motifs is 1. The van der Waals surface area contributed by atoms with Gasteiger partial charge >= 0.3 is 11.9 Å². The minimum absolute atomic E-state index is 0.0801. The first-order chi connectivity index (χ1) is 22.7. The van der Waals surface area contributed by atoms with E-state index in [4.69, 9.17) is 15.2 Å². The number of carbonyl (C=O) groups excluding carboxylic acids is 4. The second kappa shape index (κ2) is 20.6. The molecule has 0 spiro atoms. The Kier molecular flexibility index (Phi) is 16.9. The minimum Gasteiger partial charge on any atom is -0.425 e. The zero-order valence-corrected chi connectivity index (χ0v) is 30.1. The van der Waals surface area contributed by atoms with E-state index in [1.54, 1.807) is 0 Å². The number of aromatic nitrogens is 1. The Hall–Kier alpha value is -2.78. The molecule has 12 nitrogen and oxygen atoms in total. The average Bonchev–Trinajstić information content (AvgIpc) is 3.47. The zero-order chi connectivity index (χ0) is 34.2. The molecule has 1 aromatic heterocycles. The van der Waals surface area contributed by atoms with Crippen LogP contribution in [-0.2, 0) is 28.7 Å². The number of nitrogens with zero attached hydrogens (tertiary/aromatic N) is 3. The number of nitrogens with one attached hydrogen (secondary N) is 1. The molecule has 0 aliphatic carbocycles. The van der Waals surface area contributed by atoms with E-state index in [1.807, 2.05) is 6.26 Å². The summed E-state index contributed by atoms with van der Waals surface area (Å²) in [5.74, 6) is -1.59. The van der Waals surface area contributed by atoms with Gasteiger partial charge in [0.1, 0.15) is 22.8 Å². The van der Waals surface area contributed by atoms with Crippen molar-refractivity contribution in [2.75, 3.05) is 23.5 Å². The molecule has 2 aliphatic rings. The number of esters is 2. The number of amides is 2. The zero-order valence-electron chi connectivity index (χ0n) is 27.7. The van der Waals surface area contributed by atoms with Gasteiger partial charge in [-0.2, -0.15) is 11.8 Å². The predicted octanol–water partition coefficient (Wildman–Crippen LogP) is 5.83. The Bertz CT molecular complexity index is 1270. The fourth-order valence-corrected chi connectivity index (χ4v) is 8.15. The molecule has 4 N–H and O–H groups in total. The number of hydrogen-bond acceptors (Lipinski definition) is 13. The van der Waals surface area contributed by atoms with Crippen molar-refractivity contribution in [2.24, 2.45) is 5.16 Å². The van der Waals surface area contributed by atoms with E-state index < -0.39 is 41.5 Å². The Balaban J connectivity index is 1.41. The van der Waals surface area contributed by atoms with Gasteiger partial charge < -0.3 is 25.7 Å². The summed E-state index contributed by atoms with van der Waals surface area (Å²) in [6, 6.07) is -0.963. The molecular weight excluding hydrogens is 663 g/mol. The van der Waals surface area contributed by atoms with Gasteiger partial charge in [0, 0.05) is 30.2 Å². The van der Waals surface area contributed by atoms with Crippen LogP contribution in [0.3, 0.4) is 0 Å². The summed E-state index contributed by atoms with van der Waals surface area (Å²) < 4.78 is 10.8. The van der Waals surface area contributed by atoms with Gasteiger partial charge in [0.25, 0.3) is 11.8 Å². The molecule has 0 radical (unpaired) electrons. The van der Waals surface area contributed by atoms with Gasteiger partial charge in [0.05, 0.1) is 0 Å². The number of ether oxygens (including phenoxy) is 2. The molecule has 47 heavy (non-hydrogen) atoms. The molecule has 2 aliphatic heterocycles. The van der Waals surface area contributed by atoms with E-state index in [0.717, 1.165) is 24.2 Å². The summed E-state index contributed by atoms with van der Waals surface area (Å²) in [6.45, 7) is 3.72. The number of anilines is 1. The van der Waals surface area contributed by atoms with Crippen LogP contribution in [0.25, 0.3) is 0 Å². The van der Waals surface area contributed by atoms with Gasteiger partial charge in [-0.15, -0.1) is 23.1 Å². The summed E-state index contributed by atoms with van der Waals surface area (Å²) in [4.78, 5) is 57.1. The maximum absolute atomic E-state index is 13.3. The van der Waals surface area contributed by atoms with E-state index in [0.29, 0.717) is 23.5 Å². The fraction of sp³-hybridized carbons (Fsp3) is 0.688. The van der Waals surface area contributed by atoms with Crippen molar-refractivity contribution in [1.82, 2.24) is 15.2 Å². The largest absolute Gasteiger partial charge is 0.425 e. The summed E-state index contributed by atoms with van der Waals surface area (Å²) in [7, 11) is 0. The molecule has 0 aromatic carbocycles. The lowest BCUT2D eigenvalue weighted by Crippen LogP contribution is -2.71. The molecule has 2 amide bonds. The van der Waals surface area contributed by atoms with Crippen molar-refractivity contribution in [2.45, 2.75) is 121 Å². The van der Waals surface area contributed by atoms with Crippen LogP contribution in [0.2, 0.25) is 0 Å². The minimum atomic E-state index is -1.13. The summed E-state index contributed by atoms with van der Waals surface area (Å²) >= 11 is 3.97. The quantitative estimate of drug-likeness (QED) is 0.0251. The molecule has 1 aromatic rings. The van der Waals surface area contributed by atoms with Crippen molar-refractivity contribution in [1.29, 1.82) is 0 Å². The number of nitrogens with two attached hydrogens (primary N) is 1. The van der Waals surface area contributed by atoms with Gasteiger partial charge in [-0.1, -0.05) is 89.1 Å².